The highest BCUT2D eigenvalue weighted by molar-refractivity contribution is 4.83. The third kappa shape index (κ3) is 1.09. The fourth-order valence-corrected chi connectivity index (χ4v) is 0.474. The normalized spacial score (nSPS) is 12.0. The van der Waals surface area contributed by atoms with E-state index in [-0.39, 0.29) is 0 Å². The van der Waals surface area contributed by atoms with Gasteiger partial charge in [0.2, 0.25) is 5.95 Å². The number of hydrogen-bond donors (Lipinski definition) is 0. The van der Waals surface area contributed by atoms with Gasteiger partial charge in [-0.3, -0.25) is 0 Å². The fraction of sp³-hybridized carbons (Fsp3) is 0.250. The smallest absolute Gasteiger partial charge is 0.185 e. The van der Waals surface area contributed by atoms with E-state index < -0.39 is 16.9 Å². The highest BCUT2D eigenvalue weighted by Gasteiger charge is 2.33. The van der Waals surface area contributed by atoms with Crippen LogP contribution >= 0.6 is 0 Å². The molecule has 0 N–H and O–H groups in total. The Morgan fingerprint density at radius 3 is 2.20 bits per heavy atom. The maximum absolute atomic E-state index is 12.0. The molecule has 0 aliphatic heterocycles. The molecule has 1 rings (SSSR count). The lowest BCUT2D eigenvalue weighted by atomic mass is 10.7. The average molecular weight is 154 g/mol. The highest BCUT2D eigenvalue weighted by Crippen LogP contribution is 2.21. The van der Waals surface area contributed by atoms with Crippen LogP contribution in [0.1, 0.15) is 0 Å². The van der Waals surface area contributed by atoms with E-state index >= 15 is 0 Å². The molecule has 10 heavy (non-hydrogen) atoms. The van der Waals surface area contributed by atoms with Gasteiger partial charge in [-0.2, -0.15) is 9.49 Å². The van der Waals surface area contributed by atoms with Gasteiger partial charge in [0, 0.05) is 6.07 Å². The Morgan fingerprint density at radius 2 is 2.00 bits per heavy atom. The van der Waals surface area contributed by atoms with Crippen molar-refractivity contribution in [3.05, 3.63) is 18.2 Å². The van der Waals surface area contributed by atoms with E-state index in [0.717, 1.165) is 6.20 Å². The van der Waals surface area contributed by atoms with Gasteiger partial charge in [0.05, 0.1) is 6.20 Å². The van der Waals surface area contributed by atoms with Crippen molar-refractivity contribution in [1.29, 1.82) is 0 Å². The molecule has 0 unspecified atom stereocenters. The first kappa shape index (κ1) is 7.04. The first-order valence-electron chi connectivity index (χ1n) is 2.28. The number of rotatable bonds is 0. The van der Waals surface area contributed by atoms with Crippen molar-refractivity contribution in [2.24, 2.45) is 0 Å². The molecule has 0 bridgehead atoms. The van der Waals surface area contributed by atoms with E-state index in [9.17, 15) is 17.6 Å². The first-order chi connectivity index (χ1) is 4.52. The number of nitrogens with zero attached hydrogens (tertiary/aromatic N) is 2. The van der Waals surface area contributed by atoms with Gasteiger partial charge in [-0.15, -0.1) is 17.9 Å². The van der Waals surface area contributed by atoms with Crippen LogP contribution in [0.2, 0.25) is 0 Å². The van der Waals surface area contributed by atoms with Crippen LogP contribution in [-0.2, 0) is 6.30 Å². The second-order valence-corrected chi connectivity index (χ2v) is 1.53. The van der Waals surface area contributed by atoms with Crippen molar-refractivity contribution < 1.29 is 17.6 Å². The molecule has 1 aromatic rings. The van der Waals surface area contributed by atoms with Gasteiger partial charge >= 0.3 is 6.30 Å². The summed E-state index contributed by atoms with van der Waals surface area (Å²) < 4.78 is 46.0. The Morgan fingerprint density at radius 1 is 1.40 bits per heavy atom. The third-order valence-corrected chi connectivity index (χ3v) is 0.837. The van der Waals surface area contributed by atoms with Crippen molar-refractivity contribution in [3.8, 4) is 0 Å². The molecular weight excluding hydrogens is 152 g/mol. The fourth-order valence-electron chi connectivity index (χ4n) is 0.474. The van der Waals surface area contributed by atoms with Crippen molar-refractivity contribution in [3.63, 3.8) is 0 Å². The van der Waals surface area contributed by atoms with Gasteiger partial charge in [-0.25, -0.2) is 0 Å². The molecule has 0 spiro atoms. The molecule has 0 saturated carbocycles. The van der Waals surface area contributed by atoms with Crippen LogP contribution in [0.5, 0.6) is 0 Å². The minimum absolute atomic E-state index is 0.632. The summed E-state index contributed by atoms with van der Waals surface area (Å²) in [5.41, 5.74) is 0. The predicted octanol–water partition coefficient (Wildman–Crippen LogP) is 1.50. The molecule has 2 nitrogen and oxygen atoms in total. The molecule has 1 aromatic heterocycles. The summed E-state index contributed by atoms with van der Waals surface area (Å²) in [5, 5.41) is 2.70. The summed E-state index contributed by atoms with van der Waals surface area (Å²) in [6, 6.07) is 0.632. The van der Waals surface area contributed by atoms with Crippen LogP contribution in [0.15, 0.2) is 12.3 Å². The van der Waals surface area contributed by atoms with E-state index in [2.05, 4.69) is 5.10 Å². The average Bonchev–Trinajstić information content (AvgIpc) is 2.11. The molecule has 56 valence electrons. The van der Waals surface area contributed by atoms with Crippen molar-refractivity contribution in [2.45, 2.75) is 6.30 Å². The quantitative estimate of drug-likeness (QED) is 0.517. The summed E-state index contributed by atoms with van der Waals surface area (Å²) >= 11 is 0. The highest BCUT2D eigenvalue weighted by atomic mass is 19.4. The Labute approximate surface area is 53.1 Å². The molecule has 0 fully saturated rings. The minimum Gasteiger partial charge on any atom is -0.185 e. The number of aromatic nitrogens is 2. The van der Waals surface area contributed by atoms with E-state index in [4.69, 9.17) is 0 Å². The van der Waals surface area contributed by atoms with Gasteiger partial charge in [0.25, 0.3) is 0 Å². The van der Waals surface area contributed by atoms with Crippen LogP contribution < -0.4 is 0 Å². The zero-order valence-corrected chi connectivity index (χ0v) is 4.56. The largest absolute Gasteiger partial charge is 0.507 e. The second-order valence-electron chi connectivity index (χ2n) is 1.53. The first-order valence-corrected chi connectivity index (χ1v) is 2.28. The van der Waals surface area contributed by atoms with Crippen molar-refractivity contribution >= 4 is 0 Å². The summed E-state index contributed by atoms with van der Waals surface area (Å²) in [4.78, 5) is 0. The maximum atomic E-state index is 12.0. The Hall–Kier alpha value is -1.07. The van der Waals surface area contributed by atoms with Crippen LogP contribution in [0, 0.1) is 5.95 Å². The molecule has 0 aromatic carbocycles. The third-order valence-electron chi connectivity index (χ3n) is 0.837. The molecule has 0 amide bonds. The summed E-state index contributed by atoms with van der Waals surface area (Å²) in [5.74, 6) is -1.41. The predicted molar refractivity (Wildman–Crippen MR) is 23.5 cm³/mol. The second kappa shape index (κ2) is 1.96. The molecule has 0 aliphatic rings. The Balaban J connectivity index is 3.05. The lowest BCUT2D eigenvalue weighted by Gasteiger charge is -2.04. The van der Waals surface area contributed by atoms with E-state index in [1.807, 2.05) is 0 Å². The van der Waals surface area contributed by atoms with E-state index in [1.54, 1.807) is 0 Å². The molecule has 0 radical (unpaired) electrons. The minimum atomic E-state index is -4.76. The Kier molecular flexibility index (Phi) is 1.38. The summed E-state index contributed by atoms with van der Waals surface area (Å²) in [6.45, 7) is 0. The van der Waals surface area contributed by atoms with Gasteiger partial charge < -0.3 is 0 Å². The molecule has 0 atom stereocenters. The number of halogens is 4. The lowest BCUT2D eigenvalue weighted by Crippen LogP contribution is -2.19. The number of alkyl halides is 3. The molecule has 0 aliphatic carbocycles. The van der Waals surface area contributed by atoms with Crippen LogP contribution in [0.25, 0.3) is 0 Å². The van der Waals surface area contributed by atoms with Crippen molar-refractivity contribution in [1.82, 2.24) is 9.78 Å². The van der Waals surface area contributed by atoms with E-state index in [1.165, 1.54) is 0 Å². The van der Waals surface area contributed by atoms with Gasteiger partial charge in [-0.1, -0.05) is 0 Å². The Bertz CT molecular complexity index is 225. The van der Waals surface area contributed by atoms with Crippen LogP contribution in [0.3, 0.4) is 0 Å². The topological polar surface area (TPSA) is 17.8 Å². The molecule has 1 heterocycles. The SMILES string of the molecule is Fc1ccnn1C(F)(F)F. The van der Waals surface area contributed by atoms with Crippen molar-refractivity contribution in [2.75, 3.05) is 0 Å². The standard InChI is InChI=1S/C4H2F4N2/c5-3-1-2-9-10(3)4(6,7)8/h1-2H. The molecule has 0 saturated heterocycles. The molecule has 6 heteroatoms. The maximum Gasteiger partial charge on any atom is 0.507 e. The lowest BCUT2D eigenvalue weighted by molar-refractivity contribution is -0.218. The van der Waals surface area contributed by atoms with Crippen LogP contribution in [-0.4, -0.2) is 9.78 Å². The van der Waals surface area contributed by atoms with Gasteiger partial charge in [0.15, 0.2) is 0 Å². The summed E-state index contributed by atoms with van der Waals surface area (Å²) in [7, 11) is 0. The number of hydrogen-bond acceptors (Lipinski definition) is 1. The van der Waals surface area contributed by atoms with E-state index in [0.29, 0.717) is 6.07 Å². The van der Waals surface area contributed by atoms with Gasteiger partial charge in [-0.05, 0) is 0 Å². The molecular formula is C4H2F4N2. The zero-order chi connectivity index (χ0) is 7.78. The monoisotopic (exact) mass is 154 g/mol. The summed E-state index contributed by atoms with van der Waals surface area (Å²) in [6.07, 6.45) is -4.02. The van der Waals surface area contributed by atoms with Gasteiger partial charge in [0.1, 0.15) is 0 Å². The zero-order valence-electron chi connectivity index (χ0n) is 4.56. The van der Waals surface area contributed by atoms with Crippen LogP contribution in [0.4, 0.5) is 17.6 Å².